The lowest BCUT2D eigenvalue weighted by Crippen LogP contribution is -2.43. The maximum atomic E-state index is 10.5. The van der Waals surface area contributed by atoms with Crippen LogP contribution in [0, 0.1) is 0 Å². The summed E-state index contributed by atoms with van der Waals surface area (Å²) >= 11 is 0. The lowest BCUT2D eigenvalue weighted by molar-refractivity contribution is -0.125. The third-order valence-corrected chi connectivity index (χ3v) is 2.34. The molecule has 4 nitrogen and oxygen atoms in total. The fourth-order valence-electron chi connectivity index (χ4n) is 1.55. The van der Waals surface area contributed by atoms with Crippen molar-refractivity contribution in [2.75, 3.05) is 26.2 Å². The Bertz CT molecular complexity index is 174. The molecule has 0 aromatic heterocycles. The van der Waals surface area contributed by atoms with Gasteiger partial charge in [-0.2, -0.15) is 0 Å². The summed E-state index contributed by atoms with van der Waals surface area (Å²) in [6, 6.07) is 0.515. The number of hydrogen-bond acceptors (Lipinski definition) is 3. The molecule has 1 unspecified atom stereocenters. The van der Waals surface area contributed by atoms with Gasteiger partial charge in [0.15, 0.2) is 0 Å². The van der Waals surface area contributed by atoms with Crippen LogP contribution < -0.4 is 5.32 Å². The first kappa shape index (κ1) is 11.5. The maximum absolute atomic E-state index is 10.5. The van der Waals surface area contributed by atoms with Crippen LogP contribution in [0.3, 0.4) is 0 Å². The fraction of sp³-hybridized carbons (Fsp3) is 0.900. The number of morpholine rings is 1. The predicted molar refractivity (Wildman–Crippen MR) is 55.1 cm³/mol. The van der Waals surface area contributed by atoms with Gasteiger partial charge in [0.05, 0.1) is 12.7 Å². The Kier molecular flexibility index (Phi) is 4.90. The second-order valence-corrected chi connectivity index (χ2v) is 3.99. The van der Waals surface area contributed by atoms with Crippen LogP contribution in [0.1, 0.15) is 20.3 Å². The highest BCUT2D eigenvalue weighted by atomic mass is 16.5. The van der Waals surface area contributed by atoms with Gasteiger partial charge in [0, 0.05) is 19.1 Å². The molecule has 1 aliphatic rings. The van der Waals surface area contributed by atoms with E-state index in [4.69, 9.17) is 4.74 Å². The number of nitrogens with one attached hydrogen (secondary N) is 1. The predicted octanol–water partition coefficient (Wildman–Crippen LogP) is 0.232. The summed E-state index contributed by atoms with van der Waals surface area (Å²) in [4.78, 5) is 12.3. The van der Waals surface area contributed by atoms with Crippen molar-refractivity contribution < 1.29 is 9.53 Å². The highest BCUT2D eigenvalue weighted by Gasteiger charge is 2.18. The van der Waals surface area contributed by atoms with Gasteiger partial charge in [-0.25, -0.2) is 0 Å². The molecular formula is C10H20N2O2. The van der Waals surface area contributed by atoms with Crippen molar-refractivity contribution in [2.45, 2.75) is 32.4 Å². The minimum absolute atomic E-state index is 0.209. The number of carbonyl (C=O) groups is 1. The van der Waals surface area contributed by atoms with Crippen molar-refractivity contribution in [3.63, 3.8) is 0 Å². The monoisotopic (exact) mass is 200 g/mol. The van der Waals surface area contributed by atoms with Gasteiger partial charge in [-0.15, -0.1) is 0 Å². The van der Waals surface area contributed by atoms with Crippen LogP contribution >= 0.6 is 0 Å². The molecule has 0 aliphatic carbocycles. The molecule has 1 aliphatic heterocycles. The molecule has 4 heteroatoms. The largest absolute Gasteiger partial charge is 0.374 e. The topological polar surface area (TPSA) is 41.6 Å². The molecule has 0 aromatic carbocycles. The van der Waals surface area contributed by atoms with Crippen LogP contribution in [0.25, 0.3) is 0 Å². The maximum Gasteiger partial charge on any atom is 0.209 e. The molecule has 1 atom stereocenters. The molecule has 1 heterocycles. The van der Waals surface area contributed by atoms with E-state index in [1.165, 1.54) is 0 Å². The van der Waals surface area contributed by atoms with Gasteiger partial charge in [-0.05, 0) is 13.0 Å². The van der Waals surface area contributed by atoms with Crippen LogP contribution in [0.15, 0.2) is 0 Å². The molecule has 0 aromatic rings. The van der Waals surface area contributed by atoms with Gasteiger partial charge >= 0.3 is 0 Å². The second-order valence-electron chi connectivity index (χ2n) is 3.99. The van der Waals surface area contributed by atoms with E-state index in [-0.39, 0.29) is 6.10 Å². The van der Waals surface area contributed by atoms with Crippen molar-refractivity contribution in [3.05, 3.63) is 0 Å². The van der Waals surface area contributed by atoms with E-state index in [1.54, 1.807) is 4.90 Å². The highest BCUT2D eigenvalue weighted by molar-refractivity contribution is 5.47. The number of rotatable bonds is 5. The molecule has 0 bridgehead atoms. The van der Waals surface area contributed by atoms with E-state index in [9.17, 15) is 4.79 Å². The minimum atomic E-state index is 0.209. The smallest absolute Gasteiger partial charge is 0.209 e. The van der Waals surface area contributed by atoms with E-state index >= 15 is 0 Å². The van der Waals surface area contributed by atoms with Crippen molar-refractivity contribution in [1.82, 2.24) is 10.2 Å². The van der Waals surface area contributed by atoms with Crippen LogP contribution in [0.4, 0.5) is 0 Å². The Morgan fingerprint density at radius 1 is 1.64 bits per heavy atom. The molecular weight excluding hydrogens is 180 g/mol. The number of amides is 1. The van der Waals surface area contributed by atoms with E-state index in [0.29, 0.717) is 12.6 Å². The lowest BCUT2D eigenvalue weighted by atomic mass is 10.2. The third-order valence-electron chi connectivity index (χ3n) is 2.34. The average molecular weight is 200 g/mol. The standard InChI is InChI=1S/C10H20N2O2/c1-9(2)11-4-3-10-7-12(8-13)5-6-14-10/h8-11H,3-7H2,1-2H3. The Balaban J connectivity index is 2.14. The van der Waals surface area contributed by atoms with Crippen molar-refractivity contribution in [2.24, 2.45) is 0 Å². The molecule has 82 valence electrons. The molecule has 14 heavy (non-hydrogen) atoms. The zero-order valence-corrected chi connectivity index (χ0v) is 9.03. The molecule has 0 spiro atoms. The van der Waals surface area contributed by atoms with Gasteiger partial charge in [-0.1, -0.05) is 13.8 Å². The Morgan fingerprint density at radius 2 is 2.43 bits per heavy atom. The second kappa shape index (κ2) is 5.98. The van der Waals surface area contributed by atoms with Gasteiger partial charge in [0.25, 0.3) is 0 Å². The Morgan fingerprint density at radius 3 is 3.07 bits per heavy atom. The van der Waals surface area contributed by atoms with Gasteiger partial charge in [0.2, 0.25) is 6.41 Å². The van der Waals surface area contributed by atoms with Gasteiger partial charge < -0.3 is 15.0 Å². The Hall–Kier alpha value is -0.610. The number of nitrogens with zero attached hydrogens (tertiary/aromatic N) is 1. The summed E-state index contributed by atoms with van der Waals surface area (Å²) in [6.07, 6.45) is 2.09. The lowest BCUT2D eigenvalue weighted by Gasteiger charge is -2.30. The van der Waals surface area contributed by atoms with Crippen molar-refractivity contribution >= 4 is 6.41 Å². The molecule has 1 fully saturated rings. The summed E-state index contributed by atoms with van der Waals surface area (Å²) < 4.78 is 5.55. The quantitative estimate of drug-likeness (QED) is 0.646. The summed E-state index contributed by atoms with van der Waals surface area (Å²) in [5, 5.41) is 3.34. The molecule has 0 saturated carbocycles. The summed E-state index contributed by atoms with van der Waals surface area (Å²) in [5.74, 6) is 0. The van der Waals surface area contributed by atoms with Crippen molar-refractivity contribution in [1.29, 1.82) is 0 Å². The summed E-state index contributed by atoms with van der Waals surface area (Å²) in [7, 11) is 0. The minimum Gasteiger partial charge on any atom is -0.374 e. The summed E-state index contributed by atoms with van der Waals surface area (Å²) in [6.45, 7) is 7.35. The van der Waals surface area contributed by atoms with E-state index in [2.05, 4.69) is 19.2 Å². The van der Waals surface area contributed by atoms with Crippen LogP contribution in [0.2, 0.25) is 0 Å². The van der Waals surface area contributed by atoms with Gasteiger partial charge in [-0.3, -0.25) is 4.79 Å². The highest BCUT2D eigenvalue weighted by Crippen LogP contribution is 2.06. The number of hydrogen-bond donors (Lipinski definition) is 1. The number of carbonyl (C=O) groups excluding carboxylic acids is 1. The molecule has 1 N–H and O–H groups in total. The van der Waals surface area contributed by atoms with E-state index in [1.807, 2.05) is 0 Å². The zero-order valence-electron chi connectivity index (χ0n) is 9.03. The molecule has 1 amide bonds. The third kappa shape index (κ3) is 4.07. The number of ether oxygens (including phenoxy) is 1. The first-order chi connectivity index (χ1) is 6.72. The van der Waals surface area contributed by atoms with Crippen LogP contribution in [-0.2, 0) is 9.53 Å². The van der Waals surface area contributed by atoms with Crippen LogP contribution in [-0.4, -0.2) is 49.7 Å². The first-order valence-electron chi connectivity index (χ1n) is 5.26. The van der Waals surface area contributed by atoms with E-state index < -0.39 is 0 Å². The Labute approximate surface area is 85.6 Å². The normalized spacial score (nSPS) is 22.8. The van der Waals surface area contributed by atoms with Crippen molar-refractivity contribution in [3.8, 4) is 0 Å². The average Bonchev–Trinajstić information content (AvgIpc) is 2.18. The zero-order chi connectivity index (χ0) is 10.4. The molecule has 1 rings (SSSR count). The molecule has 0 radical (unpaired) electrons. The van der Waals surface area contributed by atoms with E-state index in [0.717, 1.165) is 32.5 Å². The molecule has 1 saturated heterocycles. The summed E-state index contributed by atoms with van der Waals surface area (Å²) in [5.41, 5.74) is 0. The SMILES string of the molecule is CC(C)NCCC1CN(C=O)CCO1. The van der Waals surface area contributed by atoms with Gasteiger partial charge in [0.1, 0.15) is 0 Å². The first-order valence-corrected chi connectivity index (χ1v) is 5.26. The fourth-order valence-corrected chi connectivity index (χ4v) is 1.55. The van der Waals surface area contributed by atoms with Crippen LogP contribution in [0.5, 0.6) is 0 Å².